The molecule has 0 saturated heterocycles. The largest absolute Gasteiger partial charge is 0.490 e. The third-order valence-electron chi connectivity index (χ3n) is 3.99. The van der Waals surface area contributed by atoms with Crippen molar-refractivity contribution in [2.45, 2.75) is 13.5 Å². The van der Waals surface area contributed by atoms with E-state index < -0.39 is 0 Å². The van der Waals surface area contributed by atoms with Crippen molar-refractivity contribution in [1.29, 1.82) is 0 Å². The van der Waals surface area contributed by atoms with Crippen molar-refractivity contribution in [3.63, 3.8) is 0 Å². The van der Waals surface area contributed by atoms with Crippen LogP contribution in [0.5, 0.6) is 11.5 Å². The SMILES string of the molecule is CCOc1cc(/C=N\NC(=O)c2ccccc2)ccc1OCc1ccc(Br)cc1. The van der Waals surface area contributed by atoms with Crippen LogP contribution in [-0.2, 0) is 6.61 Å². The number of nitrogens with one attached hydrogen (secondary N) is 1. The van der Waals surface area contributed by atoms with Gasteiger partial charge >= 0.3 is 0 Å². The molecule has 0 bridgehead atoms. The second kappa shape index (κ2) is 10.4. The van der Waals surface area contributed by atoms with Gasteiger partial charge in [-0.1, -0.05) is 46.3 Å². The second-order valence-corrected chi connectivity index (χ2v) is 7.04. The van der Waals surface area contributed by atoms with E-state index in [0.717, 1.165) is 15.6 Å². The standard InChI is InChI=1S/C23H21BrN2O3/c1-2-28-22-14-18(15-25-26-23(27)19-6-4-3-5-7-19)10-13-21(22)29-16-17-8-11-20(24)12-9-17/h3-15H,2,16H2,1H3,(H,26,27)/b25-15-. The van der Waals surface area contributed by atoms with Crippen LogP contribution < -0.4 is 14.9 Å². The fourth-order valence-corrected chi connectivity index (χ4v) is 2.82. The summed E-state index contributed by atoms with van der Waals surface area (Å²) < 4.78 is 12.6. The van der Waals surface area contributed by atoms with Gasteiger partial charge in [0, 0.05) is 10.0 Å². The Labute approximate surface area is 178 Å². The maximum absolute atomic E-state index is 12.0. The van der Waals surface area contributed by atoms with Crippen LogP contribution in [0.4, 0.5) is 0 Å². The van der Waals surface area contributed by atoms with Gasteiger partial charge in [-0.3, -0.25) is 4.79 Å². The highest BCUT2D eigenvalue weighted by Crippen LogP contribution is 2.29. The molecule has 1 N–H and O–H groups in total. The topological polar surface area (TPSA) is 59.9 Å². The molecule has 148 valence electrons. The third kappa shape index (κ3) is 6.19. The third-order valence-corrected chi connectivity index (χ3v) is 4.52. The summed E-state index contributed by atoms with van der Waals surface area (Å²) in [6.45, 7) is 2.87. The molecule has 0 saturated carbocycles. The maximum Gasteiger partial charge on any atom is 0.271 e. The summed E-state index contributed by atoms with van der Waals surface area (Å²) in [5.41, 5.74) is 4.92. The van der Waals surface area contributed by atoms with Gasteiger partial charge < -0.3 is 9.47 Å². The number of carbonyl (C=O) groups is 1. The van der Waals surface area contributed by atoms with Crippen LogP contribution in [0.3, 0.4) is 0 Å². The van der Waals surface area contributed by atoms with Crippen molar-refractivity contribution in [2.75, 3.05) is 6.61 Å². The van der Waals surface area contributed by atoms with E-state index in [9.17, 15) is 4.79 Å². The highest BCUT2D eigenvalue weighted by atomic mass is 79.9. The van der Waals surface area contributed by atoms with Crippen LogP contribution >= 0.6 is 15.9 Å². The normalized spacial score (nSPS) is 10.7. The van der Waals surface area contributed by atoms with Crippen molar-refractivity contribution in [3.05, 3.63) is 94.0 Å². The molecule has 0 spiro atoms. The van der Waals surface area contributed by atoms with E-state index in [1.165, 1.54) is 0 Å². The van der Waals surface area contributed by atoms with Gasteiger partial charge in [-0.15, -0.1) is 0 Å². The Morgan fingerprint density at radius 3 is 2.48 bits per heavy atom. The van der Waals surface area contributed by atoms with Crippen molar-refractivity contribution in [2.24, 2.45) is 5.10 Å². The minimum Gasteiger partial charge on any atom is -0.490 e. The summed E-state index contributed by atoms with van der Waals surface area (Å²) in [7, 11) is 0. The van der Waals surface area contributed by atoms with Gasteiger partial charge in [0.25, 0.3) is 5.91 Å². The van der Waals surface area contributed by atoms with Crippen LogP contribution in [0.1, 0.15) is 28.4 Å². The highest BCUT2D eigenvalue weighted by molar-refractivity contribution is 9.10. The smallest absolute Gasteiger partial charge is 0.271 e. The molecule has 0 radical (unpaired) electrons. The zero-order valence-electron chi connectivity index (χ0n) is 16.0. The summed E-state index contributed by atoms with van der Waals surface area (Å²) in [6.07, 6.45) is 1.57. The molecule has 0 aliphatic heterocycles. The van der Waals surface area contributed by atoms with Gasteiger partial charge in [0.15, 0.2) is 11.5 Å². The molecule has 1 amide bonds. The number of rotatable bonds is 8. The molecular formula is C23H21BrN2O3. The van der Waals surface area contributed by atoms with Gasteiger partial charge in [0.1, 0.15) is 6.61 Å². The van der Waals surface area contributed by atoms with E-state index in [2.05, 4.69) is 26.5 Å². The first-order chi connectivity index (χ1) is 14.2. The summed E-state index contributed by atoms with van der Waals surface area (Å²) in [5.74, 6) is 1.02. The molecule has 6 heteroatoms. The molecule has 0 unspecified atom stereocenters. The average Bonchev–Trinajstić information content (AvgIpc) is 2.75. The first kappa shape index (κ1) is 20.6. The minimum atomic E-state index is -0.263. The Bertz CT molecular complexity index is 973. The van der Waals surface area contributed by atoms with E-state index in [1.54, 1.807) is 30.5 Å². The number of nitrogens with zero attached hydrogens (tertiary/aromatic N) is 1. The van der Waals surface area contributed by atoms with E-state index in [1.807, 2.05) is 55.5 Å². The quantitative estimate of drug-likeness (QED) is 0.377. The van der Waals surface area contributed by atoms with Gasteiger partial charge in [0.2, 0.25) is 0 Å². The zero-order valence-corrected chi connectivity index (χ0v) is 17.6. The summed E-state index contributed by atoms with van der Waals surface area (Å²) >= 11 is 3.42. The molecule has 0 fully saturated rings. The number of halogens is 1. The Hall–Kier alpha value is -3.12. The molecule has 0 aliphatic carbocycles. The molecule has 0 atom stereocenters. The van der Waals surface area contributed by atoms with Gasteiger partial charge in [-0.05, 0) is 60.5 Å². The number of ether oxygens (including phenoxy) is 2. The Kier molecular flexibility index (Phi) is 7.41. The molecule has 3 aromatic carbocycles. The van der Waals surface area contributed by atoms with Crippen molar-refractivity contribution in [1.82, 2.24) is 5.43 Å². The van der Waals surface area contributed by atoms with Crippen molar-refractivity contribution in [3.8, 4) is 11.5 Å². The molecule has 0 aliphatic rings. The number of hydrogen-bond donors (Lipinski definition) is 1. The van der Waals surface area contributed by atoms with Crippen molar-refractivity contribution >= 4 is 28.1 Å². The molecule has 5 nitrogen and oxygen atoms in total. The fraction of sp³-hybridized carbons (Fsp3) is 0.130. The Morgan fingerprint density at radius 2 is 1.76 bits per heavy atom. The van der Waals surface area contributed by atoms with Crippen LogP contribution in [0.25, 0.3) is 0 Å². The lowest BCUT2D eigenvalue weighted by molar-refractivity contribution is 0.0955. The number of amides is 1. The van der Waals surface area contributed by atoms with Gasteiger partial charge in [0.05, 0.1) is 12.8 Å². The first-order valence-corrected chi connectivity index (χ1v) is 9.97. The molecule has 0 aromatic heterocycles. The van der Waals surface area contributed by atoms with Gasteiger partial charge in [-0.2, -0.15) is 5.10 Å². The molecule has 3 aromatic rings. The maximum atomic E-state index is 12.0. The van der Waals surface area contributed by atoms with Crippen molar-refractivity contribution < 1.29 is 14.3 Å². The monoisotopic (exact) mass is 452 g/mol. The van der Waals surface area contributed by atoms with Crippen LogP contribution in [0.15, 0.2) is 82.4 Å². The van der Waals surface area contributed by atoms with Crippen LogP contribution in [-0.4, -0.2) is 18.7 Å². The second-order valence-electron chi connectivity index (χ2n) is 6.12. The van der Waals surface area contributed by atoms with Gasteiger partial charge in [-0.25, -0.2) is 5.43 Å². The number of carbonyl (C=O) groups excluding carboxylic acids is 1. The Balaban J connectivity index is 1.65. The summed E-state index contributed by atoms with van der Waals surface area (Å²) in [4.78, 5) is 12.0. The predicted molar refractivity (Wildman–Crippen MR) is 118 cm³/mol. The van der Waals surface area contributed by atoms with E-state index in [4.69, 9.17) is 9.47 Å². The van der Waals surface area contributed by atoms with E-state index >= 15 is 0 Å². The highest BCUT2D eigenvalue weighted by Gasteiger charge is 2.07. The molecule has 29 heavy (non-hydrogen) atoms. The van der Waals surface area contributed by atoms with Crippen LogP contribution in [0, 0.1) is 0 Å². The van der Waals surface area contributed by atoms with E-state index in [-0.39, 0.29) is 5.91 Å². The number of hydrogen-bond acceptors (Lipinski definition) is 4. The van der Waals surface area contributed by atoms with E-state index in [0.29, 0.717) is 30.3 Å². The molecule has 0 heterocycles. The summed E-state index contributed by atoms with van der Waals surface area (Å²) in [6, 6.07) is 22.4. The molecular weight excluding hydrogens is 432 g/mol. The Morgan fingerprint density at radius 1 is 1.00 bits per heavy atom. The molecule has 3 rings (SSSR count). The predicted octanol–water partition coefficient (Wildman–Crippen LogP) is 5.19. The average molecular weight is 453 g/mol. The summed E-state index contributed by atoms with van der Waals surface area (Å²) in [5, 5.41) is 4.03. The van der Waals surface area contributed by atoms with Crippen LogP contribution in [0.2, 0.25) is 0 Å². The minimum absolute atomic E-state index is 0.263. The zero-order chi connectivity index (χ0) is 20.5. The number of benzene rings is 3. The first-order valence-electron chi connectivity index (χ1n) is 9.18. The fourth-order valence-electron chi connectivity index (χ4n) is 2.55. The lowest BCUT2D eigenvalue weighted by Gasteiger charge is -2.12. The number of hydrazone groups is 1. The lowest BCUT2D eigenvalue weighted by Crippen LogP contribution is -2.17. The lowest BCUT2D eigenvalue weighted by atomic mass is 10.2.